The zero-order valence-electron chi connectivity index (χ0n) is 16.0. The number of fused-ring (bicyclic) bond motifs is 3. The average molecular weight is 369 g/mol. The molecule has 2 aliphatic heterocycles. The number of carbonyl (C=O) groups is 2. The van der Waals surface area contributed by atoms with Gasteiger partial charge in [0.25, 0.3) is 0 Å². The van der Waals surface area contributed by atoms with E-state index in [1.807, 2.05) is 18.2 Å². The number of esters is 1. The number of piperidine rings is 1. The van der Waals surface area contributed by atoms with E-state index < -0.39 is 6.04 Å². The summed E-state index contributed by atoms with van der Waals surface area (Å²) in [4.78, 5) is 33.0. The molecule has 0 aliphatic carbocycles. The topological polar surface area (TPSA) is 65.6 Å². The molecular weight excluding hydrogens is 342 g/mol. The van der Waals surface area contributed by atoms with E-state index in [-0.39, 0.29) is 11.9 Å². The zero-order chi connectivity index (χ0) is 19.0. The number of hydrogen-bond donors (Lipinski definition) is 1. The van der Waals surface area contributed by atoms with Crippen molar-refractivity contribution in [3.8, 4) is 0 Å². The predicted octanol–water partition coefficient (Wildman–Crippen LogP) is 2.47. The second-order valence-electron chi connectivity index (χ2n) is 7.71. The summed E-state index contributed by atoms with van der Waals surface area (Å²) in [6, 6.07) is 7.93. The van der Waals surface area contributed by atoms with Gasteiger partial charge in [-0.2, -0.15) is 0 Å². The minimum absolute atomic E-state index is 0.00320. The van der Waals surface area contributed by atoms with Crippen LogP contribution in [0.3, 0.4) is 0 Å². The van der Waals surface area contributed by atoms with Gasteiger partial charge < -0.3 is 14.6 Å². The molecular formula is C21H27N3O3. The molecule has 6 nitrogen and oxygen atoms in total. The third kappa shape index (κ3) is 3.34. The fourth-order valence-corrected chi connectivity index (χ4v) is 4.47. The number of rotatable bonds is 3. The van der Waals surface area contributed by atoms with E-state index in [4.69, 9.17) is 4.74 Å². The van der Waals surface area contributed by atoms with Gasteiger partial charge in [-0.3, -0.25) is 9.69 Å². The van der Waals surface area contributed by atoms with Gasteiger partial charge in [0.1, 0.15) is 6.04 Å². The lowest BCUT2D eigenvalue weighted by atomic mass is 9.96. The molecule has 1 aromatic heterocycles. The summed E-state index contributed by atoms with van der Waals surface area (Å²) < 4.78 is 5.03. The van der Waals surface area contributed by atoms with Gasteiger partial charge in [0.2, 0.25) is 5.91 Å². The smallest absolute Gasteiger partial charge is 0.328 e. The Morgan fingerprint density at radius 3 is 2.85 bits per heavy atom. The molecule has 144 valence electrons. The van der Waals surface area contributed by atoms with Crippen LogP contribution in [0, 0.1) is 0 Å². The maximum Gasteiger partial charge on any atom is 0.328 e. The Bertz CT molecular complexity index is 859. The number of aromatic nitrogens is 1. The lowest BCUT2D eigenvalue weighted by molar-refractivity contribution is -0.154. The largest absolute Gasteiger partial charge is 0.467 e. The maximum absolute atomic E-state index is 13.1. The molecule has 0 unspecified atom stereocenters. The molecule has 4 rings (SSSR count). The van der Waals surface area contributed by atoms with Gasteiger partial charge in [-0.15, -0.1) is 0 Å². The van der Waals surface area contributed by atoms with E-state index in [0.717, 1.165) is 41.5 Å². The third-order valence-electron chi connectivity index (χ3n) is 6.08. The second kappa shape index (κ2) is 7.35. The summed E-state index contributed by atoms with van der Waals surface area (Å²) in [5.41, 5.74) is 3.19. The number of H-pyrrole nitrogens is 1. The lowest BCUT2D eigenvalue weighted by Crippen LogP contribution is -2.53. The number of nitrogens with one attached hydrogen (secondary N) is 1. The van der Waals surface area contributed by atoms with Crippen molar-refractivity contribution < 1.29 is 14.3 Å². The maximum atomic E-state index is 13.1. The first-order valence-electron chi connectivity index (χ1n) is 9.78. The quantitative estimate of drug-likeness (QED) is 0.844. The van der Waals surface area contributed by atoms with Crippen molar-refractivity contribution in [3.05, 3.63) is 35.5 Å². The normalized spacial score (nSPS) is 23.3. The molecule has 0 bridgehead atoms. The second-order valence-corrected chi connectivity index (χ2v) is 7.71. The summed E-state index contributed by atoms with van der Waals surface area (Å²) in [6.45, 7) is 3.91. The number of likely N-dealkylation sites (tertiary alicyclic amines) is 1. The van der Waals surface area contributed by atoms with Crippen molar-refractivity contribution in [2.45, 2.75) is 51.2 Å². The standard InChI is InChI=1S/C21H27N3O3/c1-14-7-5-6-10-23(14)13-20(25)24-12-18-16(11-19(24)21(26)27-2)15-8-3-4-9-17(15)22-18/h3-4,8-9,14,19,22H,5-7,10-13H2,1-2H3/t14-,19-/m0/s1. The highest BCUT2D eigenvalue weighted by molar-refractivity contribution is 5.90. The number of benzene rings is 1. The number of hydrogen-bond acceptors (Lipinski definition) is 4. The summed E-state index contributed by atoms with van der Waals surface area (Å²) in [7, 11) is 1.39. The highest BCUT2D eigenvalue weighted by Gasteiger charge is 2.37. The van der Waals surface area contributed by atoms with Crippen molar-refractivity contribution in [2.75, 3.05) is 20.2 Å². The summed E-state index contributed by atoms with van der Waals surface area (Å²) in [5.74, 6) is -0.338. The Morgan fingerprint density at radius 2 is 2.07 bits per heavy atom. The van der Waals surface area contributed by atoms with Gasteiger partial charge in [-0.05, 0) is 37.9 Å². The Kier molecular flexibility index (Phi) is 4.91. The Balaban J connectivity index is 1.61. The fraction of sp³-hybridized carbons (Fsp3) is 0.524. The van der Waals surface area contributed by atoms with Crippen LogP contribution < -0.4 is 0 Å². The van der Waals surface area contributed by atoms with Crippen LogP contribution in [0.2, 0.25) is 0 Å². The fourth-order valence-electron chi connectivity index (χ4n) is 4.47. The highest BCUT2D eigenvalue weighted by Crippen LogP contribution is 2.31. The number of para-hydroxylation sites is 1. The SMILES string of the molecule is COC(=O)[C@@H]1Cc2c([nH]c3ccccc23)CN1C(=O)CN1CCCC[C@@H]1C. The van der Waals surface area contributed by atoms with Crippen molar-refractivity contribution >= 4 is 22.8 Å². The van der Waals surface area contributed by atoms with Crippen molar-refractivity contribution in [1.29, 1.82) is 0 Å². The monoisotopic (exact) mass is 369 g/mol. The first kappa shape index (κ1) is 18.0. The lowest BCUT2D eigenvalue weighted by Gasteiger charge is -2.38. The molecule has 0 spiro atoms. The highest BCUT2D eigenvalue weighted by atomic mass is 16.5. The number of ether oxygens (including phenoxy) is 1. The number of aromatic amines is 1. The van der Waals surface area contributed by atoms with E-state index in [9.17, 15) is 9.59 Å². The van der Waals surface area contributed by atoms with Crippen LogP contribution in [-0.4, -0.2) is 58.9 Å². The summed E-state index contributed by atoms with van der Waals surface area (Å²) in [6.07, 6.45) is 3.97. The molecule has 1 amide bonds. The third-order valence-corrected chi connectivity index (χ3v) is 6.08. The van der Waals surface area contributed by atoms with Gasteiger partial charge in [-0.1, -0.05) is 24.6 Å². The predicted molar refractivity (Wildman–Crippen MR) is 103 cm³/mol. The molecule has 1 aromatic carbocycles. The molecule has 2 aromatic rings. The minimum atomic E-state index is -0.561. The zero-order valence-corrected chi connectivity index (χ0v) is 16.0. The van der Waals surface area contributed by atoms with Crippen LogP contribution in [-0.2, 0) is 27.3 Å². The van der Waals surface area contributed by atoms with Crippen LogP contribution in [0.5, 0.6) is 0 Å². The van der Waals surface area contributed by atoms with Crippen molar-refractivity contribution in [1.82, 2.24) is 14.8 Å². The molecule has 1 saturated heterocycles. The van der Waals surface area contributed by atoms with E-state index in [2.05, 4.69) is 22.9 Å². The van der Waals surface area contributed by atoms with Crippen LogP contribution in [0.25, 0.3) is 10.9 Å². The Hall–Kier alpha value is -2.34. The molecule has 2 atom stereocenters. The molecule has 1 fully saturated rings. The van der Waals surface area contributed by atoms with Gasteiger partial charge in [0, 0.05) is 29.1 Å². The van der Waals surface area contributed by atoms with Crippen LogP contribution in [0.15, 0.2) is 24.3 Å². The number of nitrogens with zero attached hydrogens (tertiary/aromatic N) is 2. The van der Waals surface area contributed by atoms with Crippen LogP contribution in [0.1, 0.15) is 37.4 Å². The Labute approximate surface area is 159 Å². The number of amides is 1. The van der Waals surface area contributed by atoms with Gasteiger partial charge in [0.05, 0.1) is 20.2 Å². The number of methoxy groups -OCH3 is 1. The molecule has 2 aliphatic rings. The summed E-state index contributed by atoms with van der Waals surface area (Å²) >= 11 is 0. The molecule has 0 saturated carbocycles. The van der Waals surface area contributed by atoms with E-state index in [1.54, 1.807) is 4.90 Å². The molecule has 3 heterocycles. The number of carbonyl (C=O) groups excluding carboxylic acids is 2. The van der Waals surface area contributed by atoms with E-state index in [1.165, 1.54) is 13.5 Å². The van der Waals surface area contributed by atoms with Gasteiger partial charge in [-0.25, -0.2) is 4.79 Å². The molecule has 27 heavy (non-hydrogen) atoms. The minimum Gasteiger partial charge on any atom is -0.467 e. The van der Waals surface area contributed by atoms with Crippen LogP contribution >= 0.6 is 0 Å². The van der Waals surface area contributed by atoms with Gasteiger partial charge >= 0.3 is 5.97 Å². The molecule has 6 heteroatoms. The average Bonchev–Trinajstić information content (AvgIpc) is 3.05. The molecule has 0 radical (unpaired) electrons. The van der Waals surface area contributed by atoms with E-state index in [0.29, 0.717) is 25.6 Å². The van der Waals surface area contributed by atoms with Crippen molar-refractivity contribution in [3.63, 3.8) is 0 Å². The van der Waals surface area contributed by atoms with Crippen molar-refractivity contribution in [2.24, 2.45) is 0 Å². The van der Waals surface area contributed by atoms with Crippen LogP contribution in [0.4, 0.5) is 0 Å². The first-order valence-corrected chi connectivity index (χ1v) is 9.78. The molecule has 1 N–H and O–H groups in total. The van der Waals surface area contributed by atoms with E-state index >= 15 is 0 Å². The van der Waals surface area contributed by atoms with Gasteiger partial charge in [0.15, 0.2) is 0 Å². The Morgan fingerprint density at radius 1 is 1.26 bits per heavy atom. The first-order chi connectivity index (χ1) is 13.1. The summed E-state index contributed by atoms with van der Waals surface area (Å²) in [5, 5.41) is 1.12.